The molecule has 0 saturated carbocycles. The summed E-state index contributed by atoms with van der Waals surface area (Å²) < 4.78 is 17.4. The van der Waals surface area contributed by atoms with Crippen LogP contribution in [-0.2, 0) is 22.6 Å². The molecule has 4 heterocycles. The zero-order valence-corrected chi connectivity index (χ0v) is 14.9. The van der Waals surface area contributed by atoms with Crippen molar-refractivity contribution in [2.75, 3.05) is 19.7 Å². The maximum Gasteiger partial charge on any atom is 0.133 e. The van der Waals surface area contributed by atoms with Crippen LogP contribution in [0, 0.1) is 13.8 Å². The molecule has 1 atom stereocenters. The van der Waals surface area contributed by atoms with Gasteiger partial charge in [0, 0.05) is 51.1 Å². The van der Waals surface area contributed by atoms with Crippen LogP contribution in [-0.4, -0.2) is 46.4 Å². The summed E-state index contributed by atoms with van der Waals surface area (Å²) in [5.41, 5.74) is 3.24. The van der Waals surface area contributed by atoms with Crippen LogP contribution in [0.2, 0.25) is 0 Å². The summed E-state index contributed by atoms with van der Waals surface area (Å²) in [6.45, 7) is 8.06. The molecule has 0 aliphatic carbocycles. The number of nitrogens with zero attached hydrogens (tertiary/aromatic N) is 3. The van der Waals surface area contributed by atoms with E-state index in [1.807, 2.05) is 25.4 Å². The average molecular weight is 343 g/mol. The van der Waals surface area contributed by atoms with Crippen LogP contribution in [0.3, 0.4) is 0 Å². The van der Waals surface area contributed by atoms with Gasteiger partial charge in [-0.15, -0.1) is 0 Å². The first kappa shape index (κ1) is 16.7. The van der Waals surface area contributed by atoms with Crippen molar-refractivity contribution in [3.63, 3.8) is 0 Å². The van der Waals surface area contributed by atoms with Crippen molar-refractivity contribution in [1.82, 2.24) is 15.0 Å². The van der Waals surface area contributed by atoms with Gasteiger partial charge in [0.2, 0.25) is 0 Å². The molecule has 0 radical (unpaired) electrons. The molecule has 0 N–H and O–H groups in total. The third kappa shape index (κ3) is 3.92. The average Bonchev–Trinajstić information content (AvgIpc) is 2.97. The van der Waals surface area contributed by atoms with Crippen LogP contribution in [0.4, 0.5) is 0 Å². The Morgan fingerprint density at radius 1 is 1.28 bits per heavy atom. The quantitative estimate of drug-likeness (QED) is 0.832. The van der Waals surface area contributed by atoms with Gasteiger partial charge in [-0.05, 0) is 31.4 Å². The minimum atomic E-state index is -0.0491. The van der Waals surface area contributed by atoms with E-state index in [2.05, 4.69) is 28.0 Å². The molecule has 2 saturated heterocycles. The number of aryl methyl sites for hydroxylation is 2. The Balaban J connectivity index is 1.27. The lowest BCUT2D eigenvalue weighted by molar-refractivity contribution is -0.200. The second kappa shape index (κ2) is 6.86. The van der Waals surface area contributed by atoms with Gasteiger partial charge in [0.25, 0.3) is 0 Å². The van der Waals surface area contributed by atoms with Gasteiger partial charge in [0.1, 0.15) is 5.76 Å². The van der Waals surface area contributed by atoms with E-state index in [1.54, 1.807) is 0 Å². The van der Waals surface area contributed by atoms with E-state index >= 15 is 0 Å². The highest BCUT2D eigenvalue weighted by Crippen LogP contribution is 2.36. The lowest BCUT2D eigenvalue weighted by Crippen LogP contribution is -2.65. The Bertz CT molecular complexity index is 724. The number of ether oxygens (including phenoxy) is 2. The highest BCUT2D eigenvalue weighted by Gasteiger charge is 2.47. The minimum Gasteiger partial charge on any atom is -0.373 e. The van der Waals surface area contributed by atoms with E-state index in [9.17, 15) is 0 Å². The first-order chi connectivity index (χ1) is 12.1. The Kier molecular flexibility index (Phi) is 4.58. The molecule has 6 heteroatoms. The molecule has 0 unspecified atom stereocenters. The molecule has 0 aromatic carbocycles. The number of hydrogen-bond donors (Lipinski definition) is 0. The summed E-state index contributed by atoms with van der Waals surface area (Å²) in [6, 6.07) is 4.13. The summed E-state index contributed by atoms with van der Waals surface area (Å²) in [6.07, 6.45) is 5.93. The van der Waals surface area contributed by atoms with E-state index in [-0.39, 0.29) is 11.7 Å². The number of rotatable bonds is 5. The SMILES string of the molecule is Cc1cncc(CO[C@H]2CCOC3(C2)CN(Cc2cc(C)on2)C3)c1. The normalized spacial score (nSPS) is 22.9. The maximum absolute atomic E-state index is 6.15. The summed E-state index contributed by atoms with van der Waals surface area (Å²) >= 11 is 0. The van der Waals surface area contributed by atoms with Gasteiger partial charge in [-0.25, -0.2) is 0 Å². The number of hydrogen-bond acceptors (Lipinski definition) is 6. The van der Waals surface area contributed by atoms with Gasteiger partial charge >= 0.3 is 0 Å². The van der Waals surface area contributed by atoms with Gasteiger partial charge in [-0.1, -0.05) is 11.2 Å². The van der Waals surface area contributed by atoms with Crippen LogP contribution >= 0.6 is 0 Å². The molecule has 2 aromatic heterocycles. The smallest absolute Gasteiger partial charge is 0.133 e. The Morgan fingerprint density at radius 3 is 2.92 bits per heavy atom. The molecule has 25 heavy (non-hydrogen) atoms. The van der Waals surface area contributed by atoms with Gasteiger partial charge in [0.05, 0.1) is 24.0 Å². The molecule has 4 rings (SSSR count). The molecule has 2 aromatic rings. The summed E-state index contributed by atoms with van der Waals surface area (Å²) in [5, 5.41) is 4.07. The van der Waals surface area contributed by atoms with E-state index < -0.39 is 0 Å². The maximum atomic E-state index is 6.15. The second-order valence-electron chi connectivity index (χ2n) is 7.40. The fourth-order valence-electron chi connectivity index (χ4n) is 3.86. The van der Waals surface area contributed by atoms with Gasteiger partial charge in [-0.2, -0.15) is 0 Å². The van der Waals surface area contributed by atoms with Crippen molar-refractivity contribution in [1.29, 1.82) is 0 Å². The molecule has 2 aliphatic rings. The van der Waals surface area contributed by atoms with Crippen molar-refractivity contribution in [2.45, 2.75) is 51.5 Å². The fourth-order valence-corrected chi connectivity index (χ4v) is 3.86. The molecule has 0 bridgehead atoms. The van der Waals surface area contributed by atoms with Crippen molar-refractivity contribution in [3.05, 3.63) is 47.1 Å². The topological polar surface area (TPSA) is 60.6 Å². The van der Waals surface area contributed by atoms with Crippen LogP contribution in [0.1, 0.15) is 35.4 Å². The van der Waals surface area contributed by atoms with Crippen molar-refractivity contribution >= 4 is 0 Å². The monoisotopic (exact) mass is 343 g/mol. The predicted molar refractivity (Wildman–Crippen MR) is 92.0 cm³/mol. The van der Waals surface area contributed by atoms with Crippen LogP contribution in [0.15, 0.2) is 29.0 Å². The Morgan fingerprint density at radius 2 is 2.16 bits per heavy atom. The van der Waals surface area contributed by atoms with Crippen LogP contribution in [0.5, 0.6) is 0 Å². The number of aromatic nitrogens is 2. The van der Waals surface area contributed by atoms with Crippen molar-refractivity contribution < 1.29 is 14.0 Å². The van der Waals surface area contributed by atoms with Gasteiger partial charge < -0.3 is 14.0 Å². The highest BCUT2D eigenvalue weighted by molar-refractivity contribution is 5.15. The van der Waals surface area contributed by atoms with Crippen LogP contribution in [0.25, 0.3) is 0 Å². The van der Waals surface area contributed by atoms with E-state index in [0.29, 0.717) is 6.61 Å². The molecule has 0 amide bonds. The summed E-state index contributed by atoms with van der Waals surface area (Å²) in [7, 11) is 0. The predicted octanol–water partition coefficient (Wildman–Crippen LogP) is 2.64. The number of pyridine rings is 1. The Hall–Kier alpha value is -1.76. The van der Waals surface area contributed by atoms with Gasteiger partial charge in [-0.3, -0.25) is 9.88 Å². The lowest BCUT2D eigenvalue weighted by atomic mass is 9.84. The first-order valence-corrected chi connectivity index (χ1v) is 8.91. The minimum absolute atomic E-state index is 0.0491. The molecule has 6 nitrogen and oxygen atoms in total. The van der Waals surface area contributed by atoms with Crippen molar-refractivity contribution in [2.24, 2.45) is 0 Å². The first-order valence-electron chi connectivity index (χ1n) is 8.91. The fraction of sp³-hybridized carbons (Fsp3) is 0.579. The second-order valence-corrected chi connectivity index (χ2v) is 7.40. The molecule has 2 aliphatic heterocycles. The Labute approximate surface area is 148 Å². The molecular weight excluding hydrogens is 318 g/mol. The van der Waals surface area contributed by atoms with E-state index in [1.165, 1.54) is 5.56 Å². The summed E-state index contributed by atoms with van der Waals surface area (Å²) in [5.74, 6) is 0.859. The van der Waals surface area contributed by atoms with Gasteiger partial charge in [0.15, 0.2) is 0 Å². The standard InChI is InChI=1S/C19H25N3O3/c1-14-5-16(9-20-8-14)11-23-18-3-4-24-19(7-18)12-22(13-19)10-17-6-15(2)25-21-17/h5-6,8-9,18H,3-4,7,10-13H2,1-2H3/t18-/m0/s1. The summed E-state index contributed by atoms with van der Waals surface area (Å²) in [4.78, 5) is 6.58. The van der Waals surface area contributed by atoms with Crippen LogP contribution < -0.4 is 0 Å². The number of likely N-dealkylation sites (tertiary alicyclic amines) is 1. The lowest BCUT2D eigenvalue weighted by Gasteiger charge is -2.53. The zero-order chi connectivity index (χ0) is 17.3. The molecule has 1 spiro atoms. The molecule has 134 valence electrons. The molecule has 2 fully saturated rings. The molecular formula is C19H25N3O3. The highest BCUT2D eigenvalue weighted by atomic mass is 16.5. The third-order valence-corrected chi connectivity index (χ3v) is 4.95. The zero-order valence-electron chi connectivity index (χ0n) is 14.9. The van der Waals surface area contributed by atoms with Crippen molar-refractivity contribution in [3.8, 4) is 0 Å². The van der Waals surface area contributed by atoms with E-state index in [0.717, 1.165) is 56.1 Å². The van der Waals surface area contributed by atoms with E-state index in [4.69, 9.17) is 14.0 Å². The largest absolute Gasteiger partial charge is 0.373 e. The third-order valence-electron chi connectivity index (χ3n) is 4.95.